The molecule has 0 heterocycles. The smallest absolute Gasteiger partial charge is 0.335 e. The van der Waals surface area contributed by atoms with E-state index in [4.69, 9.17) is 11.6 Å². The van der Waals surface area contributed by atoms with E-state index in [2.05, 4.69) is 16.0 Å². The standard InChI is InChI=1S/C21H22ClF3N4O3/c1-13-3-5-14(6-4-13)10-26-20(32)27-11-19(31)29(2)12-18(30)28-15-7-8-17(22)16(9-15)21(23,24)25/h3-9H,10-12H2,1-2H3,(H,28,30)(H2,26,27,32). The topological polar surface area (TPSA) is 90.5 Å². The van der Waals surface area contributed by atoms with Crippen LogP contribution in [-0.4, -0.2) is 42.9 Å². The second kappa shape index (κ2) is 10.9. The minimum Gasteiger partial charge on any atom is -0.335 e. The lowest BCUT2D eigenvalue weighted by atomic mass is 10.1. The Balaban J connectivity index is 1.78. The number of hydrogen-bond acceptors (Lipinski definition) is 3. The summed E-state index contributed by atoms with van der Waals surface area (Å²) in [4.78, 5) is 37.1. The maximum absolute atomic E-state index is 12.9. The third-order valence-corrected chi connectivity index (χ3v) is 4.67. The van der Waals surface area contributed by atoms with E-state index in [1.807, 2.05) is 31.2 Å². The van der Waals surface area contributed by atoms with E-state index in [0.717, 1.165) is 22.1 Å². The Morgan fingerprint density at radius 2 is 1.69 bits per heavy atom. The van der Waals surface area contributed by atoms with E-state index in [0.29, 0.717) is 6.07 Å². The van der Waals surface area contributed by atoms with Crippen molar-refractivity contribution in [3.63, 3.8) is 0 Å². The van der Waals surface area contributed by atoms with Gasteiger partial charge in [-0.2, -0.15) is 13.2 Å². The van der Waals surface area contributed by atoms with Crippen molar-refractivity contribution in [3.8, 4) is 0 Å². The van der Waals surface area contributed by atoms with Crippen molar-refractivity contribution in [2.75, 3.05) is 25.5 Å². The van der Waals surface area contributed by atoms with Crippen molar-refractivity contribution >= 4 is 35.1 Å². The Morgan fingerprint density at radius 1 is 1.03 bits per heavy atom. The van der Waals surface area contributed by atoms with Crippen LogP contribution < -0.4 is 16.0 Å². The molecule has 2 aromatic rings. The van der Waals surface area contributed by atoms with Crippen molar-refractivity contribution in [1.29, 1.82) is 0 Å². The summed E-state index contributed by atoms with van der Waals surface area (Å²) in [6.07, 6.45) is -4.67. The van der Waals surface area contributed by atoms with Gasteiger partial charge in [0, 0.05) is 19.3 Å². The fourth-order valence-corrected chi connectivity index (χ4v) is 2.79. The molecule has 11 heteroatoms. The van der Waals surface area contributed by atoms with Gasteiger partial charge in [-0.1, -0.05) is 41.4 Å². The fourth-order valence-electron chi connectivity index (χ4n) is 2.57. The Morgan fingerprint density at radius 3 is 2.31 bits per heavy atom. The zero-order chi connectivity index (χ0) is 23.9. The molecule has 0 aliphatic rings. The Labute approximate surface area is 187 Å². The minimum absolute atomic E-state index is 0.110. The molecule has 0 radical (unpaired) electrons. The number of halogens is 4. The van der Waals surface area contributed by atoms with E-state index in [1.165, 1.54) is 13.1 Å². The quantitative estimate of drug-likeness (QED) is 0.578. The number of likely N-dealkylation sites (N-methyl/N-ethyl adjacent to an activating group) is 1. The number of rotatable bonds is 7. The van der Waals surface area contributed by atoms with Gasteiger partial charge in [0.25, 0.3) is 0 Å². The molecule has 4 amide bonds. The van der Waals surface area contributed by atoms with E-state index in [1.54, 1.807) is 0 Å². The molecule has 2 aromatic carbocycles. The van der Waals surface area contributed by atoms with Gasteiger partial charge in [0.15, 0.2) is 0 Å². The Bertz CT molecular complexity index is 981. The number of nitrogens with one attached hydrogen (secondary N) is 3. The Kier molecular flexibility index (Phi) is 8.48. The zero-order valence-corrected chi connectivity index (χ0v) is 18.1. The van der Waals surface area contributed by atoms with Gasteiger partial charge in [-0.25, -0.2) is 4.79 Å². The molecule has 172 valence electrons. The molecule has 0 saturated heterocycles. The summed E-state index contributed by atoms with van der Waals surface area (Å²) in [5.41, 5.74) is 0.790. The molecule has 0 fully saturated rings. The maximum Gasteiger partial charge on any atom is 0.417 e. The third-order valence-electron chi connectivity index (χ3n) is 4.34. The molecular formula is C21H22ClF3N4O3. The lowest BCUT2D eigenvalue weighted by Crippen LogP contribution is -2.44. The first-order valence-electron chi connectivity index (χ1n) is 9.43. The highest BCUT2D eigenvalue weighted by molar-refractivity contribution is 6.31. The summed E-state index contributed by atoms with van der Waals surface area (Å²) in [6.45, 7) is 1.44. The van der Waals surface area contributed by atoms with Crippen molar-refractivity contribution in [2.45, 2.75) is 19.6 Å². The number of urea groups is 1. The van der Waals surface area contributed by atoms with Gasteiger partial charge in [-0.05, 0) is 30.7 Å². The number of hydrogen-bond donors (Lipinski definition) is 3. The lowest BCUT2D eigenvalue weighted by Gasteiger charge is -2.18. The predicted molar refractivity (Wildman–Crippen MR) is 114 cm³/mol. The second-order valence-corrected chi connectivity index (χ2v) is 7.42. The van der Waals surface area contributed by atoms with Gasteiger partial charge in [-0.15, -0.1) is 0 Å². The number of carbonyl (C=O) groups excluding carboxylic acids is 3. The van der Waals surface area contributed by atoms with Crippen molar-refractivity contribution in [2.24, 2.45) is 0 Å². The number of carbonyl (C=O) groups is 3. The summed E-state index contributed by atoms with van der Waals surface area (Å²) in [7, 11) is 1.33. The van der Waals surface area contributed by atoms with Crippen LogP contribution in [0.4, 0.5) is 23.7 Å². The summed E-state index contributed by atoms with van der Waals surface area (Å²) in [5, 5.41) is 6.78. The summed E-state index contributed by atoms with van der Waals surface area (Å²) in [6, 6.07) is 9.95. The van der Waals surface area contributed by atoms with E-state index in [-0.39, 0.29) is 18.8 Å². The first-order valence-corrected chi connectivity index (χ1v) is 9.81. The molecule has 0 atom stereocenters. The van der Waals surface area contributed by atoms with Gasteiger partial charge in [0.2, 0.25) is 11.8 Å². The SMILES string of the molecule is Cc1ccc(CNC(=O)NCC(=O)N(C)CC(=O)Nc2ccc(Cl)c(C(F)(F)F)c2)cc1. The highest BCUT2D eigenvalue weighted by Gasteiger charge is 2.33. The number of aryl methyl sites for hydroxylation is 1. The van der Waals surface area contributed by atoms with E-state index < -0.39 is 41.2 Å². The van der Waals surface area contributed by atoms with Gasteiger partial charge >= 0.3 is 12.2 Å². The zero-order valence-electron chi connectivity index (χ0n) is 17.3. The van der Waals surface area contributed by atoms with E-state index in [9.17, 15) is 27.6 Å². The molecule has 0 aliphatic heterocycles. The number of amides is 4. The van der Waals surface area contributed by atoms with Crippen LogP contribution in [0.5, 0.6) is 0 Å². The third kappa shape index (κ3) is 7.77. The van der Waals surface area contributed by atoms with Gasteiger partial charge in [0.1, 0.15) is 0 Å². The molecule has 0 spiro atoms. The van der Waals surface area contributed by atoms with Crippen LogP contribution in [0.2, 0.25) is 5.02 Å². The summed E-state index contributed by atoms with van der Waals surface area (Å²) >= 11 is 5.54. The van der Waals surface area contributed by atoms with Crippen molar-refractivity contribution < 1.29 is 27.6 Å². The van der Waals surface area contributed by atoms with Gasteiger partial charge in [-0.3, -0.25) is 9.59 Å². The molecule has 32 heavy (non-hydrogen) atoms. The molecule has 2 rings (SSSR count). The van der Waals surface area contributed by atoms with Crippen molar-refractivity contribution in [1.82, 2.24) is 15.5 Å². The molecule has 0 saturated carbocycles. The fraction of sp³-hybridized carbons (Fsp3) is 0.286. The number of nitrogens with zero attached hydrogens (tertiary/aromatic N) is 1. The number of anilines is 1. The largest absolute Gasteiger partial charge is 0.417 e. The first-order chi connectivity index (χ1) is 15.0. The molecule has 0 bridgehead atoms. The maximum atomic E-state index is 12.9. The molecule has 7 nitrogen and oxygen atoms in total. The predicted octanol–water partition coefficient (Wildman–Crippen LogP) is 3.56. The van der Waals surface area contributed by atoms with Crippen LogP contribution >= 0.6 is 11.6 Å². The molecule has 0 aromatic heterocycles. The van der Waals surface area contributed by atoms with Gasteiger partial charge < -0.3 is 20.9 Å². The van der Waals surface area contributed by atoms with Crippen LogP contribution in [0, 0.1) is 6.92 Å². The van der Waals surface area contributed by atoms with E-state index >= 15 is 0 Å². The highest BCUT2D eigenvalue weighted by atomic mass is 35.5. The normalized spacial score (nSPS) is 10.9. The molecule has 3 N–H and O–H groups in total. The molecule has 0 unspecified atom stereocenters. The van der Waals surface area contributed by atoms with Crippen LogP contribution in [0.1, 0.15) is 16.7 Å². The van der Waals surface area contributed by atoms with Gasteiger partial charge in [0.05, 0.1) is 23.7 Å². The lowest BCUT2D eigenvalue weighted by molar-refractivity contribution is -0.137. The summed E-state index contributed by atoms with van der Waals surface area (Å²) < 4.78 is 38.7. The monoisotopic (exact) mass is 470 g/mol. The van der Waals surface area contributed by atoms with Crippen LogP contribution in [0.15, 0.2) is 42.5 Å². The summed E-state index contributed by atoms with van der Waals surface area (Å²) in [5.74, 6) is -1.27. The van der Waals surface area contributed by atoms with Crippen LogP contribution in [0.3, 0.4) is 0 Å². The molecule has 0 aliphatic carbocycles. The second-order valence-electron chi connectivity index (χ2n) is 7.01. The van der Waals surface area contributed by atoms with Crippen LogP contribution in [0.25, 0.3) is 0 Å². The number of benzene rings is 2. The number of alkyl halides is 3. The first kappa shape index (κ1) is 25.0. The average Bonchev–Trinajstić information content (AvgIpc) is 2.72. The Hall–Kier alpha value is -3.27. The minimum atomic E-state index is -4.67. The van der Waals surface area contributed by atoms with Crippen molar-refractivity contribution in [3.05, 3.63) is 64.2 Å². The van der Waals surface area contributed by atoms with Crippen LogP contribution in [-0.2, 0) is 22.3 Å². The highest BCUT2D eigenvalue weighted by Crippen LogP contribution is 2.36. The average molecular weight is 471 g/mol. The molecular weight excluding hydrogens is 449 g/mol.